The maximum absolute atomic E-state index is 15.8. The molecule has 0 aliphatic carbocycles. The molecule has 4 rings (SSSR count). The van der Waals surface area contributed by atoms with Gasteiger partial charge in [0, 0.05) is 19.6 Å². The summed E-state index contributed by atoms with van der Waals surface area (Å²) >= 11 is 0. The predicted molar refractivity (Wildman–Crippen MR) is 147 cm³/mol. The molecule has 9 nitrogen and oxygen atoms in total. The van der Waals surface area contributed by atoms with Crippen LogP contribution in [0.1, 0.15) is 59.9 Å². The van der Waals surface area contributed by atoms with Crippen molar-refractivity contribution in [1.82, 2.24) is 0 Å². The van der Waals surface area contributed by atoms with Crippen molar-refractivity contribution in [3.63, 3.8) is 0 Å². The second kappa shape index (κ2) is 13.3. The van der Waals surface area contributed by atoms with E-state index in [0.29, 0.717) is 11.3 Å². The van der Waals surface area contributed by atoms with Crippen molar-refractivity contribution < 1.29 is 47.1 Å². The first-order valence-corrected chi connectivity index (χ1v) is 13.3. The smallest absolute Gasteiger partial charge is 0.342 e. The zero-order chi connectivity index (χ0) is 29.6. The zero-order valence-corrected chi connectivity index (χ0v) is 23.8. The molecule has 1 fully saturated rings. The van der Waals surface area contributed by atoms with E-state index in [1.165, 1.54) is 20.3 Å². The van der Waals surface area contributed by atoms with E-state index >= 15 is 4.39 Å². The molecule has 41 heavy (non-hydrogen) atoms. The molecule has 1 saturated heterocycles. The van der Waals surface area contributed by atoms with Gasteiger partial charge in [-0.2, -0.15) is 0 Å². The van der Waals surface area contributed by atoms with Gasteiger partial charge in [-0.05, 0) is 57.0 Å². The van der Waals surface area contributed by atoms with E-state index < -0.39 is 48.0 Å². The molecule has 220 valence electrons. The van der Waals surface area contributed by atoms with Gasteiger partial charge in [0.05, 0.1) is 18.8 Å². The summed E-state index contributed by atoms with van der Waals surface area (Å²) in [6.45, 7) is 4.95. The highest BCUT2D eigenvalue weighted by atomic mass is 19.1. The van der Waals surface area contributed by atoms with Crippen LogP contribution in [-0.2, 0) is 23.7 Å². The van der Waals surface area contributed by atoms with Crippen LogP contribution in [0.3, 0.4) is 0 Å². The third-order valence-electron chi connectivity index (χ3n) is 6.53. The molecule has 0 aromatic heterocycles. The van der Waals surface area contributed by atoms with Crippen LogP contribution in [0.2, 0.25) is 0 Å². The summed E-state index contributed by atoms with van der Waals surface area (Å²) in [5.74, 6) is -2.49. The Morgan fingerprint density at radius 1 is 1.10 bits per heavy atom. The molecule has 0 N–H and O–H groups in total. The van der Waals surface area contributed by atoms with Gasteiger partial charge in [-0.3, -0.25) is 0 Å². The number of benzene rings is 2. The third-order valence-corrected chi connectivity index (χ3v) is 6.53. The molecular weight excluding hydrogens is 535 g/mol. The Morgan fingerprint density at radius 2 is 1.85 bits per heavy atom. The number of cyclic esters (lactones) is 1. The molecular formula is C31H35FO9. The Balaban J connectivity index is 1.74. The van der Waals surface area contributed by atoms with Crippen LogP contribution < -0.4 is 9.47 Å². The molecule has 2 aromatic carbocycles. The van der Waals surface area contributed by atoms with Crippen LogP contribution in [0.5, 0.6) is 11.5 Å². The minimum Gasteiger partial charge on any atom is -0.497 e. The summed E-state index contributed by atoms with van der Waals surface area (Å²) < 4.78 is 55.5. The lowest BCUT2D eigenvalue weighted by Gasteiger charge is -2.26. The molecule has 2 aromatic rings. The van der Waals surface area contributed by atoms with Gasteiger partial charge in [0.2, 0.25) is 0 Å². The molecule has 0 spiro atoms. The summed E-state index contributed by atoms with van der Waals surface area (Å²) in [6, 6.07) is 11.6. The van der Waals surface area contributed by atoms with Crippen molar-refractivity contribution in [3.8, 4) is 11.5 Å². The minimum absolute atomic E-state index is 0.00812. The van der Waals surface area contributed by atoms with Crippen molar-refractivity contribution in [2.75, 3.05) is 21.0 Å². The molecule has 4 atom stereocenters. The number of hydrogen-bond donors (Lipinski definition) is 0. The SMILES string of the molecule is COCOc1cc(OC)cc2c1C(=O)OC(C)CC=C(F)C(OC(=O)c1ccccc1)C1OC(C)(C)O[C@H]1CC=C2. The van der Waals surface area contributed by atoms with Crippen LogP contribution in [0.4, 0.5) is 4.39 Å². The van der Waals surface area contributed by atoms with E-state index in [2.05, 4.69) is 0 Å². The Morgan fingerprint density at radius 3 is 2.56 bits per heavy atom. The fourth-order valence-electron chi connectivity index (χ4n) is 4.67. The second-order valence-corrected chi connectivity index (χ2v) is 10.1. The van der Waals surface area contributed by atoms with Gasteiger partial charge in [-0.1, -0.05) is 30.4 Å². The maximum atomic E-state index is 15.8. The molecule has 2 aliphatic rings. The zero-order valence-electron chi connectivity index (χ0n) is 23.8. The topological polar surface area (TPSA) is 98.8 Å². The summed E-state index contributed by atoms with van der Waals surface area (Å²) in [7, 11) is 2.97. The average molecular weight is 571 g/mol. The quantitative estimate of drug-likeness (QED) is 0.323. The van der Waals surface area contributed by atoms with E-state index in [-0.39, 0.29) is 36.5 Å². The Bertz CT molecular complexity index is 1290. The lowest BCUT2D eigenvalue weighted by Crippen LogP contribution is -2.39. The number of methoxy groups -OCH3 is 2. The van der Waals surface area contributed by atoms with Crippen molar-refractivity contribution in [1.29, 1.82) is 0 Å². The lowest BCUT2D eigenvalue weighted by atomic mass is 10.00. The normalized spacial score (nSPS) is 24.2. The third kappa shape index (κ3) is 7.52. The first-order chi connectivity index (χ1) is 19.6. The number of esters is 2. The highest BCUT2D eigenvalue weighted by Gasteiger charge is 2.47. The largest absolute Gasteiger partial charge is 0.497 e. The summed E-state index contributed by atoms with van der Waals surface area (Å²) in [6.07, 6.45) is 1.21. The van der Waals surface area contributed by atoms with Gasteiger partial charge < -0.3 is 33.2 Å². The fraction of sp³-hybridized carbons (Fsp3) is 0.419. The molecule has 3 unspecified atom stereocenters. The lowest BCUT2D eigenvalue weighted by molar-refractivity contribution is -0.154. The summed E-state index contributed by atoms with van der Waals surface area (Å²) in [4.78, 5) is 26.3. The van der Waals surface area contributed by atoms with E-state index in [0.717, 1.165) is 0 Å². The number of rotatable bonds is 6. The number of carbonyl (C=O) groups is 2. The first-order valence-electron chi connectivity index (χ1n) is 13.3. The Hall–Kier alpha value is -3.73. The maximum Gasteiger partial charge on any atom is 0.342 e. The van der Waals surface area contributed by atoms with Crippen LogP contribution >= 0.6 is 0 Å². The van der Waals surface area contributed by atoms with Gasteiger partial charge in [-0.25, -0.2) is 14.0 Å². The summed E-state index contributed by atoms with van der Waals surface area (Å²) in [5, 5.41) is 0. The van der Waals surface area contributed by atoms with Crippen molar-refractivity contribution >= 4 is 18.0 Å². The molecule has 0 saturated carbocycles. The van der Waals surface area contributed by atoms with Crippen molar-refractivity contribution in [3.05, 3.63) is 77.1 Å². The molecule has 0 bridgehead atoms. The number of ether oxygens (including phenoxy) is 7. The number of hydrogen-bond acceptors (Lipinski definition) is 9. The minimum atomic E-state index is -1.39. The van der Waals surface area contributed by atoms with Crippen molar-refractivity contribution in [2.24, 2.45) is 0 Å². The molecule has 2 heterocycles. The molecule has 10 heteroatoms. The second-order valence-electron chi connectivity index (χ2n) is 10.1. The van der Waals surface area contributed by atoms with Crippen LogP contribution in [-0.4, -0.2) is 63.2 Å². The number of fused-ring (bicyclic) bond motifs is 2. The number of halogens is 1. The predicted octanol–water partition coefficient (Wildman–Crippen LogP) is 5.63. The molecule has 0 amide bonds. The van der Waals surface area contributed by atoms with E-state index in [4.69, 9.17) is 33.2 Å². The van der Waals surface area contributed by atoms with E-state index in [1.54, 1.807) is 75.4 Å². The van der Waals surface area contributed by atoms with Crippen LogP contribution in [0.15, 0.2) is 60.4 Å². The highest BCUT2D eigenvalue weighted by molar-refractivity contribution is 5.97. The van der Waals surface area contributed by atoms with Gasteiger partial charge in [0.25, 0.3) is 0 Å². The standard InChI is InChI=1S/C31H35FO9/c1-19-14-15-23(32)27(39-29(33)20-10-7-6-8-11-20)28-24(40-31(2,3)41-28)13-9-12-21-16-22(36-5)17-25(37-18-35-4)26(21)30(34)38-19/h6-12,15-17,19,24,27-28H,13-14,18H2,1-5H3/t19?,24-,27?,28?/m0/s1. The van der Waals surface area contributed by atoms with Gasteiger partial charge in [0.15, 0.2) is 18.7 Å². The van der Waals surface area contributed by atoms with Crippen LogP contribution in [0.25, 0.3) is 6.08 Å². The monoisotopic (exact) mass is 570 g/mol. The van der Waals surface area contributed by atoms with E-state index in [1.807, 2.05) is 0 Å². The van der Waals surface area contributed by atoms with Crippen LogP contribution in [0, 0.1) is 0 Å². The fourth-order valence-corrected chi connectivity index (χ4v) is 4.67. The van der Waals surface area contributed by atoms with E-state index in [9.17, 15) is 9.59 Å². The average Bonchev–Trinajstić information content (AvgIpc) is 3.26. The van der Waals surface area contributed by atoms with Crippen molar-refractivity contribution in [2.45, 2.75) is 63.8 Å². The molecule has 2 aliphatic heterocycles. The molecule has 0 radical (unpaired) electrons. The highest BCUT2D eigenvalue weighted by Crippen LogP contribution is 2.37. The van der Waals surface area contributed by atoms with Gasteiger partial charge >= 0.3 is 11.9 Å². The summed E-state index contributed by atoms with van der Waals surface area (Å²) in [5.41, 5.74) is 0.921. The van der Waals surface area contributed by atoms with Gasteiger partial charge in [-0.15, -0.1) is 0 Å². The van der Waals surface area contributed by atoms with Gasteiger partial charge in [0.1, 0.15) is 35.1 Å². The first kappa shape index (κ1) is 30.2. The number of carbonyl (C=O) groups excluding carboxylic acids is 2. The Labute approximate surface area is 238 Å². The Kier molecular flexibility index (Phi) is 9.80.